The van der Waals surface area contributed by atoms with E-state index in [9.17, 15) is 23.9 Å². The van der Waals surface area contributed by atoms with Gasteiger partial charge in [0.05, 0.1) is 19.4 Å². The summed E-state index contributed by atoms with van der Waals surface area (Å²) in [4.78, 5) is 45.9. The third kappa shape index (κ3) is 7.20. The molecule has 302 valence electrons. The SMILES string of the molecule is COc1cc([C@@H]2COc3cc(O)ccc3[C@@H]2c2ccc(N3CCC(CN4CCN(c5ccc6c(c5)CN([C@H]5CCC(=O)NC5=O)C6=O)CC4)CC3)c(F)c2)ccc1F. The van der Waals surface area contributed by atoms with E-state index in [0.717, 1.165) is 86.6 Å². The molecule has 3 atom stereocenters. The van der Waals surface area contributed by atoms with Crippen molar-refractivity contribution in [1.82, 2.24) is 15.1 Å². The first-order valence-corrected chi connectivity index (χ1v) is 20.2. The zero-order valence-corrected chi connectivity index (χ0v) is 32.5. The summed E-state index contributed by atoms with van der Waals surface area (Å²) in [5.41, 5.74) is 5.62. The van der Waals surface area contributed by atoms with Crippen LogP contribution in [-0.2, 0) is 16.1 Å². The number of benzene rings is 4. The molecule has 0 bridgehead atoms. The largest absolute Gasteiger partial charge is 0.508 e. The van der Waals surface area contributed by atoms with E-state index in [1.54, 1.807) is 35.2 Å². The zero-order valence-electron chi connectivity index (χ0n) is 32.5. The number of methoxy groups -OCH3 is 1. The maximum Gasteiger partial charge on any atom is 0.255 e. The summed E-state index contributed by atoms with van der Waals surface area (Å²) in [7, 11) is 1.43. The van der Waals surface area contributed by atoms with E-state index in [-0.39, 0.29) is 54.0 Å². The minimum atomic E-state index is -0.622. The number of carbonyl (C=O) groups is 3. The molecule has 58 heavy (non-hydrogen) atoms. The first-order valence-electron chi connectivity index (χ1n) is 20.2. The van der Waals surface area contributed by atoms with Crippen LogP contribution in [0.4, 0.5) is 20.2 Å². The minimum Gasteiger partial charge on any atom is -0.508 e. The molecule has 2 N–H and O–H groups in total. The number of nitrogens with zero attached hydrogens (tertiary/aromatic N) is 4. The maximum atomic E-state index is 16.2. The van der Waals surface area contributed by atoms with E-state index in [2.05, 4.69) is 26.1 Å². The number of halogens is 2. The second-order valence-corrected chi connectivity index (χ2v) is 16.2. The van der Waals surface area contributed by atoms with Crippen LogP contribution >= 0.6 is 0 Å². The number of rotatable bonds is 8. The molecule has 3 saturated heterocycles. The van der Waals surface area contributed by atoms with Gasteiger partial charge in [-0.1, -0.05) is 18.2 Å². The molecule has 0 unspecified atom stereocenters. The molecule has 5 heterocycles. The van der Waals surface area contributed by atoms with Gasteiger partial charge in [-0.3, -0.25) is 24.6 Å². The van der Waals surface area contributed by atoms with Crippen LogP contribution in [0.15, 0.2) is 72.8 Å². The number of piperidine rings is 2. The van der Waals surface area contributed by atoms with Gasteiger partial charge in [-0.2, -0.15) is 0 Å². The molecule has 11 nitrogen and oxygen atoms in total. The van der Waals surface area contributed by atoms with E-state index in [1.807, 2.05) is 30.3 Å². The standard InChI is InChI=1S/C45H47F2N5O6/c1-57-41-22-28(2-8-36(41)46)35-26-58-40-23-32(53)5-7-34(40)43(35)29-3-9-38(37(47)21-29)51-14-12-27(13-15-51)24-49-16-18-50(19-17-49)31-4-6-33-30(20-31)25-52(45(33)56)39-10-11-42(54)48-44(39)55/h2-9,20-23,27,35,39,43,53H,10-19,24-26H2,1H3,(H,48,54,55)/t35-,39-,43-/m0/s1. The molecule has 4 aromatic carbocycles. The van der Waals surface area contributed by atoms with Crippen molar-refractivity contribution in [3.8, 4) is 17.2 Å². The Labute approximate surface area is 336 Å². The predicted molar refractivity (Wildman–Crippen MR) is 214 cm³/mol. The van der Waals surface area contributed by atoms with E-state index in [4.69, 9.17) is 9.47 Å². The molecular weight excluding hydrogens is 745 g/mol. The average molecular weight is 792 g/mol. The van der Waals surface area contributed by atoms with Crippen molar-refractivity contribution >= 4 is 29.1 Å². The van der Waals surface area contributed by atoms with Crippen molar-refractivity contribution < 1.29 is 37.7 Å². The molecule has 5 aliphatic rings. The summed E-state index contributed by atoms with van der Waals surface area (Å²) in [6.07, 6.45) is 2.52. The number of hydrogen-bond acceptors (Lipinski definition) is 9. The van der Waals surface area contributed by atoms with Crippen LogP contribution in [0.5, 0.6) is 17.2 Å². The van der Waals surface area contributed by atoms with Gasteiger partial charge in [0.1, 0.15) is 23.4 Å². The quantitative estimate of drug-likeness (QED) is 0.214. The Morgan fingerprint density at radius 1 is 0.828 bits per heavy atom. The number of phenolic OH excluding ortho intramolecular Hbond substituents is 1. The van der Waals surface area contributed by atoms with Crippen molar-refractivity contribution in [2.24, 2.45) is 5.92 Å². The normalized spacial score (nSPS) is 22.7. The highest BCUT2D eigenvalue weighted by Gasteiger charge is 2.40. The van der Waals surface area contributed by atoms with Crippen LogP contribution in [0.3, 0.4) is 0 Å². The lowest BCUT2D eigenvalue weighted by molar-refractivity contribution is -0.136. The van der Waals surface area contributed by atoms with Gasteiger partial charge in [0.15, 0.2) is 11.6 Å². The third-order valence-corrected chi connectivity index (χ3v) is 12.8. The fourth-order valence-corrected chi connectivity index (χ4v) is 9.65. The Morgan fingerprint density at radius 3 is 2.38 bits per heavy atom. The summed E-state index contributed by atoms with van der Waals surface area (Å²) in [6.45, 7) is 6.75. The van der Waals surface area contributed by atoms with Gasteiger partial charge >= 0.3 is 0 Å². The number of imide groups is 1. The van der Waals surface area contributed by atoms with Crippen molar-refractivity contribution in [1.29, 1.82) is 0 Å². The first kappa shape index (κ1) is 37.9. The van der Waals surface area contributed by atoms with Gasteiger partial charge in [0, 0.05) is 93.5 Å². The molecule has 3 fully saturated rings. The van der Waals surface area contributed by atoms with Crippen molar-refractivity contribution in [3.63, 3.8) is 0 Å². The van der Waals surface area contributed by atoms with Gasteiger partial charge < -0.3 is 29.3 Å². The van der Waals surface area contributed by atoms with Crippen LogP contribution in [0.1, 0.15) is 70.1 Å². The first-order chi connectivity index (χ1) is 28.1. The topological polar surface area (TPSA) is 115 Å². The van der Waals surface area contributed by atoms with Crippen LogP contribution in [0.25, 0.3) is 0 Å². The van der Waals surface area contributed by atoms with Crippen molar-refractivity contribution in [2.75, 3.05) is 69.3 Å². The van der Waals surface area contributed by atoms with Crippen LogP contribution in [-0.4, -0.2) is 98.2 Å². The molecule has 5 aliphatic heterocycles. The summed E-state index contributed by atoms with van der Waals surface area (Å²) < 4.78 is 41.9. The number of carbonyl (C=O) groups excluding carboxylic acids is 3. The van der Waals surface area contributed by atoms with Crippen LogP contribution in [0, 0.1) is 17.6 Å². The summed E-state index contributed by atoms with van der Waals surface area (Å²) in [5.74, 6) is -0.850. The average Bonchev–Trinajstić information content (AvgIpc) is 3.55. The number of anilines is 2. The van der Waals surface area contributed by atoms with E-state index >= 15 is 4.39 Å². The lowest BCUT2D eigenvalue weighted by atomic mass is 9.75. The summed E-state index contributed by atoms with van der Waals surface area (Å²) >= 11 is 0. The number of nitrogens with one attached hydrogen (secondary N) is 1. The molecule has 0 radical (unpaired) electrons. The van der Waals surface area contributed by atoms with E-state index in [1.165, 1.54) is 13.2 Å². The molecule has 0 aliphatic carbocycles. The Morgan fingerprint density at radius 2 is 1.62 bits per heavy atom. The molecular formula is C45H47F2N5O6. The lowest BCUT2D eigenvalue weighted by Crippen LogP contribution is -2.52. The Balaban J connectivity index is 0.807. The van der Waals surface area contributed by atoms with E-state index < -0.39 is 17.8 Å². The highest BCUT2D eigenvalue weighted by atomic mass is 19.1. The van der Waals surface area contributed by atoms with Crippen molar-refractivity contribution in [2.45, 2.75) is 50.1 Å². The summed E-state index contributed by atoms with van der Waals surface area (Å²) in [5, 5.41) is 12.5. The van der Waals surface area contributed by atoms with Crippen LogP contribution in [0.2, 0.25) is 0 Å². The molecule has 0 aromatic heterocycles. The van der Waals surface area contributed by atoms with Gasteiger partial charge in [0.25, 0.3) is 5.91 Å². The fraction of sp³-hybridized carbons (Fsp3) is 0.400. The Hall–Kier alpha value is -5.69. The number of hydrogen-bond donors (Lipinski definition) is 2. The zero-order chi connectivity index (χ0) is 40.1. The van der Waals surface area contributed by atoms with Crippen LogP contribution < -0.4 is 24.6 Å². The highest BCUT2D eigenvalue weighted by Crippen LogP contribution is 2.48. The number of phenols is 1. The molecule has 9 rings (SSSR count). The molecule has 0 spiro atoms. The third-order valence-electron chi connectivity index (χ3n) is 12.8. The van der Waals surface area contributed by atoms with Gasteiger partial charge in [-0.25, -0.2) is 8.78 Å². The maximum absolute atomic E-state index is 16.2. The monoisotopic (exact) mass is 791 g/mol. The van der Waals surface area contributed by atoms with Crippen molar-refractivity contribution in [3.05, 3.63) is 112 Å². The van der Waals surface area contributed by atoms with Gasteiger partial charge in [-0.05, 0) is 90.4 Å². The van der Waals surface area contributed by atoms with Gasteiger partial charge in [-0.15, -0.1) is 0 Å². The summed E-state index contributed by atoms with van der Waals surface area (Å²) in [6, 6.07) is 20.6. The molecule has 4 aromatic rings. The second-order valence-electron chi connectivity index (χ2n) is 16.2. The van der Waals surface area contributed by atoms with E-state index in [0.29, 0.717) is 35.9 Å². The Kier molecular flexibility index (Phi) is 10.2. The molecule has 0 saturated carbocycles. The lowest BCUT2D eigenvalue weighted by Gasteiger charge is -2.40. The fourth-order valence-electron chi connectivity index (χ4n) is 9.65. The number of fused-ring (bicyclic) bond motifs is 2. The molecule has 13 heteroatoms. The number of piperazine rings is 1. The second kappa shape index (κ2) is 15.6. The minimum absolute atomic E-state index is 0.0870. The van der Waals surface area contributed by atoms with Gasteiger partial charge in [0.2, 0.25) is 11.8 Å². The smallest absolute Gasteiger partial charge is 0.255 e. The molecule has 3 amide bonds. The number of amides is 3. The number of aromatic hydroxyl groups is 1. The number of ether oxygens (including phenoxy) is 2. The highest BCUT2D eigenvalue weighted by molar-refractivity contribution is 6.05. The Bertz CT molecular complexity index is 2250. The predicted octanol–water partition coefficient (Wildman–Crippen LogP) is 5.79.